The summed E-state index contributed by atoms with van der Waals surface area (Å²) < 4.78 is 0. The fourth-order valence-corrected chi connectivity index (χ4v) is 5.77. The number of rotatable bonds is 2. The average molecular weight is 402 g/mol. The molecule has 0 bridgehead atoms. The summed E-state index contributed by atoms with van der Waals surface area (Å²) in [5.41, 5.74) is 12.5. The maximum absolute atomic E-state index is 6.65. The zero-order chi connectivity index (χ0) is 20.9. The Kier molecular flexibility index (Phi) is 4.33. The Labute approximate surface area is 183 Å². The second-order valence-electron chi connectivity index (χ2n) is 9.20. The normalized spacial score (nSPS) is 18.5. The molecule has 0 aliphatic heterocycles. The van der Waals surface area contributed by atoms with E-state index in [9.17, 15) is 0 Å². The Morgan fingerprint density at radius 3 is 2.23 bits per heavy atom. The van der Waals surface area contributed by atoms with E-state index < -0.39 is 0 Å². The number of hydrogen-bond acceptors (Lipinski definition) is 1. The van der Waals surface area contributed by atoms with Crippen molar-refractivity contribution in [3.8, 4) is 0 Å². The first-order valence-corrected chi connectivity index (χ1v) is 11.3. The molecule has 1 aliphatic rings. The van der Waals surface area contributed by atoms with Crippen LogP contribution in [0.25, 0.3) is 32.3 Å². The summed E-state index contributed by atoms with van der Waals surface area (Å²) in [5.74, 6) is 0.458. The quantitative estimate of drug-likeness (QED) is 0.315. The minimum Gasteiger partial charge on any atom is -0.327 e. The van der Waals surface area contributed by atoms with Crippen LogP contribution < -0.4 is 5.73 Å². The van der Waals surface area contributed by atoms with Gasteiger partial charge in [-0.3, -0.25) is 0 Å². The summed E-state index contributed by atoms with van der Waals surface area (Å²) in [7, 11) is 0. The van der Waals surface area contributed by atoms with Crippen LogP contribution in [0.15, 0.2) is 84.9 Å². The molecule has 2 N–H and O–H groups in total. The van der Waals surface area contributed by atoms with Crippen LogP contribution in [0, 0.1) is 6.92 Å². The lowest BCUT2D eigenvalue weighted by Crippen LogP contribution is -2.31. The van der Waals surface area contributed by atoms with E-state index in [0.29, 0.717) is 5.92 Å². The van der Waals surface area contributed by atoms with Gasteiger partial charge in [0.05, 0.1) is 0 Å². The van der Waals surface area contributed by atoms with Crippen LogP contribution in [0.1, 0.15) is 34.6 Å². The lowest BCUT2D eigenvalue weighted by atomic mass is 9.75. The third-order valence-electron chi connectivity index (χ3n) is 7.29. The van der Waals surface area contributed by atoms with E-state index in [1.165, 1.54) is 54.6 Å². The van der Waals surface area contributed by atoms with Gasteiger partial charge in [-0.1, -0.05) is 84.9 Å². The van der Waals surface area contributed by atoms with Crippen LogP contribution >= 0.6 is 0 Å². The largest absolute Gasteiger partial charge is 0.327 e. The van der Waals surface area contributed by atoms with Gasteiger partial charge in [0.1, 0.15) is 0 Å². The van der Waals surface area contributed by atoms with Crippen molar-refractivity contribution in [3.63, 3.8) is 0 Å². The first-order chi connectivity index (χ1) is 15.2. The highest BCUT2D eigenvalue weighted by atomic mass is 14.6. The number of hydrogen-bond donors (Lipinski definition) is 1. The molecule has 5 aromatic rings. The Morgan fingerprint density at radius 2 is 1.39 bits per heavy atom. The molecule has 0 fully saturated rings. The molecular formula is C30H27N. The molecule has 152 valence electrons. The molecule has 6 rings (SSSR count). The maximum atomic E-state index is 6.65. The molecule has 0 aromatic heterocycles. The van der Waals surface area contributed by atoms with Gasteiger partial charge in [-0.15, -0.1) is 0 Å². The van der Waals surface area contributed by atoms with Crippen molar-refractivity contribution in [2.45, 2.75) is 38.1 Å². The minimum absolute atomic E-state index is 0.213. The molecule has 0 saturated heterocycles. The Hall–Kier alpha value is -3.16. The summed E-state index contributed by atoms with van der Waals surface area (Å²) in [4.78, 5) is 0. The van der Waals surface area contributed by atoms with E-state index in [-0.39, 0.29) is 6.04 Å². The highest BCUT2D eigenvalue weighted by Gasteiger charge is 2.27. The van der Waals surface area contributed by atoms with Crippen molar-refractivity contribution in [1.29, 1.82) is 0 Å². The van der Waals surface area contributed by atoms with Gasteiger partial charge in [0.15, 0.2) is 0 Å². The lowest BCUT2D eigenvalue weighted by molar-refractivity contribution is 0.489. The van der Waals surface area contributed by atoms with E-state index in [2.05, 4.69) is 91.9 Å². The summed E-state index contributed by atoms with van der Waals surface area (Å²) in [6.07, 6.45) is 3.07. The SMILES string of the molecule is Cc1ccc2ccccc2c1C[C@H]1CC(N)Cc2c1ccc1c2ccc2ccccc21. The van der Waals surface area contributed by atoms with Crippen molar-refractivity contribution >= 4 is 32.3 Å². The fraction of sp³-hybridized carbons (Fsp3) is 0.200. The van der Waals surface area contributed by atoms with Crippen LogP contribution in [-0.4, -0.2) is 6.04 Å². The highest BCUT2D eigenvalue weighted by molar-refractivity contribution is 6.08. The second-order valence-corrected chi connectivity index (χ2v) is 9.20. The van der Waals surface area contributed by atoms with Crippen LogP contribution in [-0.2, 0) is 12.8 Å². The number of aryl methyl sites for hydroxylation is 1. The molecule has 1 nitrogen and oxygen atoms in total. The zero-order valence-electron chi connectivity index (χ0n) is 17.9. The molecule has 0 heterocycles. The van der Waals surface area contributed by atoms with Gasteiger partial charge < -0.3 is 5.73 Å². The average Bonchev–Trinajstić information content (AvgIpc) is 2.80. The van der Waals surface area contributed by atoms with Crippen LogP contribution in [0.5, 0.6) is 0 Å². The maximum Gasteiger partial charge on any atom is 0.00855 e. The monoisotopic (exact) mass is 401 g/mol. The summed E-state index contributed by atoms with van der Waals surface area (Å²) in [6, 6.07) is 31.5. The fourth-order valence-electron chi connectivity index (χ4n) is 5.77. The van der Waals surface area contributed by atoms with Gasteiger partial charge in [0.25, 0.3) is 0 Å². The molecule has 0 saturated carbocycles. The zero-order valence-corrected chi connectivity index (χ0v) is 17.9. The smallest absolute Gasteiger partial charge is 0.00855 e. The molecule has 31 heavy (non-hydrogen) atoms. The third-order valence-corrected chi connectivity index (χ3v) is 7.29. The van der Waals surface area contributed by atoms with Gasteiger partial charge in [-0.2, -0.15) is 0 Å². The minimum atomic E-state index is 0.213. The molecule has 2 atom stereocenters. The predicted molar refractivity (Wildman–Crippen MR) is 133 cm³/mol. The Bertz CT molecular complexity index is 1450. The number of fused-ring (bicyclic) bond motifs is 6. The van der Waals surface area contributed by atoms with Gasteiger partial charge in [0.2, 0.25) is 0 Å². The van der Waals surface area contributed by atoms with Gasteiger partial charge in [0, 0.05) is 6.04 Å². The van der Waals surface area contributed by atoms with Crippen LogP contribution in [0.3, 0.4) is 0 Å². The predicted octanol–water partition coefficient (Wildman–Crippen LogP) is 7.05. The summed E-state index contributed by atoms with van der Waals surface area (Å²) >= 11 is 0. The molecule has 1 unspecified atom stereocenters. The van der Waals surface area contributed by atoms with Crippen LogP contribution in [0.2, 0.25) is 0 Å². The van der Waals surface area contributed by atoms with Gasteiger partial charge >= 0.3 is 0 Å². The van der Waals surface area contributed by atoms with Gasteiger partial charge in [-0.05, 0) is 86.7 Å². The van der Waals surface area contributed by atoms with Crippen molar-refractivity contribution in [2.75, 3.05) is 0 Å². The van der Waals surface area contributed by atoms with E-state index in [0.717, 1.165) is 19.3 Å². The molecule has 0 amide bonds. The molecule has 0 spiro atoms. The molecule has 5 aromatic carbocycles. The first-order valence-electron chi connectivity index (χ1n) is 11.3. The van der Waals surface area contributed by atoms with Crippen molar-refractivity contribution in [1.82, 2.24) is 0 Å². The molecule has 1 aliphatic carbocycles. The van der Waals surface area contributed by atoms with Crippen molar-refractivity contribution in [2.24, 2.45) is 5.73 Å². The molecule has 0 radical (unpaired) electrons. The Morgan fingerprint density at radius 1 is 0.710 bits per heavy atom. The topological polar surface area (TPSA) is 26.0 Å². The summed E-state index contributed by atoms with van der Waals surface area (Å²) in [5, 5.41) is 8.09. The first kappa shape index (κ1) is 18.6. The Balaban J connectivity index is 1.51. The molecule has 1 heteroatoms. The lowest BCUT2D eigenvalue weighted by Gasteiger charge is -2.32. The highest BCUT2D eigenvalue weighted by Crippen LogP contribution is 2.40. The van der Waals surface area contributed by atoms with Crippen molar-refractivity contribution in [3.05, 3.63) is 107 Å². The van der Waals surface area contributed by atoms with E-state index in [1.54, 1.807) is 0 Å². The van der Waals surface area contributed by atoms with Crippen molar-refractivity contribution < 1.29 is 0 Å². The number of benzene rings is 5. The van der Waals surface area contributed by atoms with Crippen LogP contribution in [0.4, 0.5) is 0 Å². The second kappa shape index (κ2) is 7.21. The van der Waals surface area contributed by atoms with E-state index in [1.807, 2.05) is 0 Å². The standard InChI is InChI=1S/C30H27N/c1-19-10-11-20-6-3-5-9-25(20)29(19)17-22-16-23(31)18-30-26(22)14-15-27-24-8-4-2-7-21(24)12-13-28(27)30/h2-15,22-23H,16-18,31H2,1H3/t22-,23?/m1/s1. The third kappa shape index (κ3) is 3.04. The summed E-state index contributed by atoms with van der Waals surface area (Å²) in [6.45, 7) is 2.25. The van der Waals surface area contributed by atoms with Gasteiger partial charge in [-0.25, -0.2) is 0 Å². The molecular weight excluding hydrogens is 374 g/mol. The van der Waals surface area contributed by atoms with E-state index in [4.69, 9.17) is 5.73 Å². The number of nitrogens with two attached hydrogens (primary N) is 1. The van der Waals surface area contributed by atoms with E-state index >= 15 is 0 Å².